The first-order chi connectivity index (χ1) is 13.0. The molecular weight excluding hydrogens is 342 g/mol. The summed E-state index contributed by atoms with van der Waals surface area (Å²) in [5.41, 5.74) is 2.34. The summed E-state index contributed by atoms with van der Waals surface area (Å²) < 4.78 is 0. The van der Waals surface area contributed by atoms with Crippen molar-refractivity contribution in [2.75, 3.05) is 46.8 Å². The van der Waals surface area contributed by atoms with E-state index in [1.807, 2.05) is 30.2 Å². The topological polar surface area (TPSA) is 71.7 Å². The Hall–Kier alpha value is -2.54. The molecule has 1 unspecified atom stereocenters. The van der Waals surface area contributed by atoms with Crippen LogP contribution in [0.5, 0.6) is 0 Å². The molecule has 2 aromatic rings. The van der Waals surface area contributed by atoms with Crippen LogP contribution in [0.3, 0.4) is 0 Å². The minimum atomic E-state index is -0.190. The van der Waals surface area contributed by atoms with Crippen LogP contribution in [-0.4, -0.2) is 84.5 Å². The lowest BCUT2D eigenvalue weighted by Crippen LogP contribution is -2.56. The summed E-state index contributed by atoms with van der Waals surface area (Å²) >= 11 is 0. The van der Waals surface area contributed by atoms with Crippen molar-refractivity contribution in [3.05, 3.63) is 36.0 Å². The van der Waals surface area contributed by atoms with Gasteiger partial charge in [-0.2, -0.15) is 0 Å². The van der Waals surface area contributed by atoms with Crippen LogP contribution in [-0.2, 0) is 11.2 Å². The number of piperazine rings is 1. The van der Waals surface area contributed by atoms with Gasteiger partial charge >= 0.3 is 6.03 Å². The van der Waals surface area contributed by atoms with E-state index >= 15 is 0 Å². The molecule has 0 radical (unpaired) electrons. The number of hydrogen-bond donors (Lipinski definition) is 2. The molecule has 1 aliphatic heterocycles. The molecule has 0 aliphatic carbocycles. The molecular formula is C20H29N5O2. The fraction of sp³-hybridized carbons (Fsp3) is 0.500. The number of aromatic amines is 1. The van der Waals surface area contributed by atoms with Crippen LogP contribution < -0.4 is 5.32 Å². The lowest BCUT2D eigenvalue weighted by molar-refractivity contribution is -0.126. The van der Waals surface area contributed by atoms with Crippen molar-refractivity contribution in [3.63, 3.8) is 0 Å². The van der Waals surface area contributed by atoms with Gasteiger partial charge in [0.1, 0.15) is 0 Å². The van der Waals surface area contributed by atoms with E-state index in [-0.39, 0.29) is 18.0 Å². The number of urea groups is 1. The zero-order valence-corrected chi connectivity index (χ0v) is 16.4. The maximum atomic E-state index is 12.5. The lowest BCUT2D eigenvalue weighted by Gasteiger charge is -2.38. The fourth-order valence-corrected chi connectivity index (χ4v) is 3.56. The summed E-state index contributed by atoms with van der Waals surface area (Å²) in [5.74, 6) is 0.0437. The third-order valence-electron chi connectivity index (χ3n) is 5.26. The molecule has 1 saturated heterocycles. The molecule has 3 amide bonds. The van der Waals surface area contributed by atoms with Crippen molar-refractivity contribution in [2.45, 2.75) is 19.4 Å². The van der Waals surface area contributed by atoms with E-state index in [2.05, 4.69) is 27.3 Å². The third kappa shape index (κ3) is 4.42. The van der Waals surface area contributed by atoms with Crippen molar-refractivity contribution >= 4 is 22.8 Å². The predicted molar refractivity (Wildman–Crippen MR) is 107 cm³/mol. The number of hydrogen-bond acceptors (Lipinski definition) is 3. The first kappa shape index (κ1) is 19.2. The van der Waals surface area contributed by atoms with Gasteiger partial charge in [-0.25, -0.2) is 4.79 Å². The second-order valence-electron chi connectivity index (χ2n) is 7.28. The zero-order chi connectivity index (χ0) is 19.4. The zero-order valence-electron chi connectivity index (χ0n) is 16.4. The molecule has 7 heteroatoms. The van der Waals surface area contributed by atoms with Gasteiger partial charge in [0.2, 0.25) is 5.91 Å². The number of nitrogens with one attached hydrogen (secondary N) is 2. The SMILES string of the molecule is CC(C(=O)NCCc1c[nH]c2ccccc12)N1CCN(C(=O)N(C)C)CC1. The van der Waals surface area contributed by atoms with Crippen molar-refractivity contribution in [1.82, 2.24) is 25.0 Å². The highest BCUT2D eigenvalue weighted by Crippen LogP contribution is 2.17. The summed E-state index contributed by atoms with van der Waals surface area (Å²) in [6.07, 6.45) is 2.81. The monoisotopic (exact) mass is 371 g/mol. The number of para-hydroxylation sites is 1. The van der Waals surface area contributed by atoms with E-state index in [9.17, 15) is 9.59 Å². The largest absolute Gasteiger partial charge is 0.361 e. The van der Waals surface area contributed by atoms with Crippen molar-refractivity contribution in [2.24, 2.45) is 0 Å². The highest BCUT2D eigenvalue weighted by Gasteiger charge is 2.27. The average Bonchev–Trinajstić information content (AvgIpc) is 3.10. The van der Waals surface area contributed by atoms with Gasteiger partial charge in [0.25, 0.3) is 0 Å². The normalized spacial score (nSPS) is 16.3. The van der Waals surface area contributed by atoms with Crippen molar-refractivity contribution in [3.8, 4) is 0 Å². The minimum Gasteiger partial charge on any atom is -0.361 e. The number of aromatic nitrogens is 1. The van der Waals surface area contributed by atoms with Crippen LogP contribution in [0.1, 0.15) is 12.5 Å². The summed E-state index contributed by atoms with van der Waals surface area (Å²) in [4.78, 5) is 33.3. The summed E-state index contributed by atoms with van der Waals surface area (Å²) in [6.45, 7) is 5.30. The molecule has 7 nitrogen and oxygen atoms in total. The number of fused-ring (bicyclic) bond motifs is 1. The van der Waals surface area contributed by atoms with Gasteiger partial charge in [0, 0.05) is 63.9 Å². The third-order valence-corrected chi connectivity index (χ3v) is 5.26. The Bertz CT molecular complexity index is 793. The molecule has 2 heterocycles. The Morgan fingerprint density at radius 3 is 2.59 bits per heavy atom. The fourth-order valence-electron chi connectivity index (χ4n) is 3.56. The van der Waals surface area contributed by atoms with Crippen LogP contribution in [0.25, 0.3) is 10.9 Å². The second kappa shape index (κ2) is 8.43. The molecule has 1 aliphatic rings. The van der Waals surface area contributed by atoms with Crippen molar-refractivity contribution < 1.29 is 9.59 Å². The highest BCUT2D eigenvalue weighted by atomic mass is 16.2. The maximum Gasteiger partial charge on any atom is 0.319 e. The molecule has 1 aromatic heterocycles. The van der Waals surface area contributed by atoms with E-state index in [0.29, 0.717) is 19.6 Å². The van der Waals surface area contributed by atoms with E-state index in [1.165, 1.54) is 10.9 Å². The molecule has 1 fully saturated rings. The Balaban J connectivity index is 1.45. The van der Waals surface area contributed by atoms with E-state index in [4.69, 9.17) is 0 Å². The number of carbonyl (C=O) groups excluding carboxylic acids is 2. The standard InChI is InChI=1S/C20H29N5O2/c1-15(24-10-12-25(13-11-24)20(27)23(2)3)19(26)21-9-8-16-14-22-18-7-5-4-6-17(16)18/h4-7,14-15,22H,8-13H2,1-3H3,(H,21,26). The van der Waals surface area contributed by atoms with E-state index in [0.717, 1.165) is 25.0 Å². The van der Waals surface area contributed by atoms with E-state index < -0.39 is 0 Å². The Kier molecular flexibility index (Phi) is 6.01. The van der Waals surface area contributed by atoms with Gasteiger partial charge in [-0.05, 0) is 25.0 Å². The van der Waals surface area contributed by atoms with Gasteiger partial charge in [0.15, 0.2) is 0 Å². The minimum absolute atomic E-state index is 0.0329. The lowest BCUT2D eigenvalue weighted by atomic mass is 10.1. The first-order valence-electron chi connectivity index (χ1n) is 9.50. The highest BCUT2D eigenvalue weighted by molar-refractivity contribution is 5.83. The van der Waals surface area contributed by atoms with Gasteiger partial charge < -0.3 is 20.1 Å². The summed E-state index contributed by atoms with van der Waals surface area (Å²) in [5, 5.41) is 4.26. The second-order valence-corrected chi connectivity index (χ2v) is 7.28. The van der Waals surface area contributed by atoms with Crippen LogP contribution in [0, 0.1) is 0 Å². The number of nitrogens with zero attached hydrogens (tertiary/aromatic N) is 3. The van der Waals surface area contributed by atoms with Crippen LogP contribution >= 0.6 is 0 Å². The molecule has 1 atom stereocenters. The smallest absolute Gasteiger partial charge is 0.319 e. The number of carbonyl (C=O) groups is 2. The Morgan fingerprint density at radius 1 is 1.19 bits per heavy atom. The maximum absolute atomic E-state index is 12.5. The number of rotatable bonds is 5. The molecule has 27 heavy (non-hydrogen) atoms. The van der Waals surface area contributed by atoms with Crippen LogP contribution in [0.4, 0.5) is 4.79 Å². The Labute approximate surface area is 160 Å². The average molecular weight is 371 g/mol. The number of amides is 3. The quantitative estimate of drug-likeness (QED) is 0.837. The summed E-state index contributed by atoms with van der Waals surface area (Å²) in [7, 11) is 3.52. The van der Waals surface area contributed by atoms with Crippen LogP contribution in [0.15, 0.2) is 30.5 Å². The molecule has 146 valence electrons. The molecule has 2 N–H and O–H groups in total. The number of benzene rings is 1. The molecule has 0 bridgehead atoms. The first-order valence-corrected chi connectivity index (χ1v) is 9.50. The van der Waals surface area contributed by atoms with Gasteiger partial charge in [0.05, 0.1) is 6.04 Å². The van der Waals surface area contributed by atoms with E-state index in [1.54, 1.807) is 19.0 Å². The summed E-state index contributed by atoms with van der Waals surface area (Å²) in [6, 6.07) is 8.04. The number of H-pyrrole nitrogens is 1. The van der Waals surface area contributed by atoms with Gasteiger partial charge in [-0.1, -0.05) is 18.2 Å². The molecule has 0 spiro atoms. The van der Waals surface area contributed by atoms with Gasteiger partial charge in [-0.15, -0.1) is 0 Å². The van der Waals surface area contributed by atoms with Crippen LogP contribution in [0.2, 0.25) is 0 Å². The molecule has 0 saturated carbocycles. The van der Waals surface area contributed by atoms with Crippen molar-refractivity contribution in [1.29, 1.82) is 0 Å². The predicted octanol–water partition coefficient (Wildman–Crippen LogP) is 1.51. The molecule has 1 aromatic carbocycles. The van der Waals surface area contributed by atoms with Gasteiger partial charge in [-0.3, -0.25) is 9.69 Å². The molecule has 3 rings (SSSR count). The Morgan fingerprint density at radius 2 is 1.89 bits per heavy atom.